The van der Waals surface area contributed by atoms with Crippen LogP contribution in [-0.4, -0.2) is 36.1 Å². The Hall–Kier alpha value is -2.90. The van der Waals surface area contributed by atoms with Crippen LogP contribution in [0.1, 0.15) is 125 Å². The van der Waals surface area contributed by atoms with E-state index < -0.39 is 29.5 Å². The van der Waals surface area contributed by atoms with Crippen molar-refractivity contribution in [1.29, 1.82) is 0 Å². The molecule has 7 heteroatoms. The van der Waals surface area contributed by atoms with E-state index in [2.05, 4.69) is 65.0 Å². The van der Waals surface area contributed by atoms with E-state index in [9.17, 15) is 23.1 Å². The van der Waals surface area contributed by atoms with Crippen LogP contribution in [0.25, 0.3) is 0 Å². The van der Waals surface area contributed by atoms with Gasteiger partial charge in [-0.1, -0.05) is 88.6 Å². The van der Waals surface area contributed by atoms with Crippen LogP contribution in [0.3, 0.4) is 0 Å². The highest BCUT2D eigenvalue weighted by atomic mass is 19.4. The first-order valence-corrected chi connectivity index (χ1v) is 16.8. The number of hydrogen-bond acceptors (Lipinski definition) is 4. The summed E-state index contributed by atoms with van der Waals surface area (Å²) in [6.07, 6.45) is 13.8. The maximum Gasteiger partial charge on any atom is 0.432 e. The van der Waals surface area contributed by atoms with E-state index in [1.165, 1.54) is 60.4 Å². The number of ether oxygens (including phenoxy) is 2. The maximum atomic E-state index is 14.3. The van der Waals surface area contributed by atoms with Gasteiger partial charge in [0.2, 0.25) is 0 Å². The summed E-state index contributed by atoms with van der Waals surface area (Å²) in [5.74, 6) is -1.60. The van der Waals surface area contributed by atoms with E-state index in [0.29, 0.717) is 6.42 Å². The molecule has 0 heterocycles. The van der Waals surface area contributed by atoms with Crippen LogP contribution in [0.5, 0.6) is 0 Å². The monoisotopic (exact) mass is 660 g/mol. The number of allylic oxidation sites excluding steroid dienone is 10. The van der Waals surface area contributed by atoms with Gasteiger partial charge in [-0.2, -0.15) is 13.2 Å². The summed E-state index contributed by atoms with van der Waals surface area (Å²) in [7, 11) is 0.831. The molecule has 1 aromatic carbocycles. The number of esters is 1. The van der Waals surface area contributed by atoms with E-state index in [4.69, 9.17) is 9.47 Å². The van der Waals surface area contributed by atoms with E-state index in [1.54, 1.807) is 6.07 Å². The summed E-state index contributed by atoms with van der Waals surface area (Å²) in [5, 5.41) is 10.7. The number of hydrogen-bond donors (Lipinski definition) is 1. The van der Waals surface area contributed by atoms with Gasteiger partial charge in [-0.3, -0.25) is 0 Å². The molecule has 0 unspecified atom stereocenters. The number of benzene rings is 1. The minimum Gasteiger partial charge on any atom is -0.457 e. The highest BCUT2D eigenvalue weighted by Gasteiger charge is 2.64. The van der Waals surface area contributed by atoms with E-state index in [-0.39, 0.29) is 12.0 Å². The quantitative estimate of drug-likeness (QED) is 0.0859. The molecule has 0 aromatic heterocycles. The van der Waals surface area contributed by atoms with Gasteiger partial charge in [0.25, 0.3) is 5.60 Å². The molecule has 0 fully saturated rings. The third kappa shape index (κ3) is 15.2. The molecular formula is C40H59F3O4. The molecule has 0 aliphatic carbocycles. The fourth-order valence-corrected chi connectivity index (χ4v) is 5.26. The summed E-state index contributed by atoms with van der Waals surface area (Å²) in [4.78, 5) is 13.2. The maximum absolute atomic E-state index is 14.3. The van der Waals surface area contributed by atoms with Crippen molar-refractivity contribution in [2.24, 2.45) is 0 Å². The Morgan fingerprint density at radius 1 is 0.723 bits per heavy atom. The minimum atomic E-state index is -5.08. The second kappa shape index (κ2) is 20.5. The largest absolute Gasteiger partial charge is 0.457 e. The SMILES string of the molecule is CO[C@@](C(=O)O[C@H](CC/C(C)=C/CC/C(C)=C/CC/C=C(\C)CC/C=C(\C)CCC=C(C)C)C(C)(C)O)(c1ccccc1)C(F)(F)F. The van der Waals surface area contributed by atoms with Gasteiger partial charge in [0.05, 0.1) is 5.60 Å². The molecule has 0 spiro atoms. The zero-order valence-corrected chi connectivity index (χ0v) is 30.2. The summed E-state index contributed by atoms with van der Waals surface area (Å²) < 4.78 is 53.2. The molecule has 0 bridgehead atoms. The fraction of sp³-hybridized carbons (Fsp3) is 0.575. The van der Waals surface area contributed by atoms with Crippen LogP contribution in [0, 0.1) is 0 Å². The minimum absolute atomic E-state index is 0.162. The molecule has 1 N–H and O–H groups in total. The number of unbranched alkanes of at least 4 members (excludes halogenated alkanes) is 1. The van der Waals surface area contributed by atoms with Crippen LogP contribution in [-0.2, 0) is 19.9 Å². The van der Waals surface area contributed by atoms with E-state index in [1.807, 2.05) is 6.92 Å². The third-order valence-electron chi connectivity index (χ3n) is 8.32. The molecule has 0 saturated carbocycles. The number of halogens is 3. The predicted octanol–water partition coefficient (Wildman–Crippen LogP) is 11.4. The molecule has 264 valence electrons. The van der Waals surface area contributed by atoms with Crippen molar-refractivity contribution in [3.05, 3.63) is 94.1 Å². The van der Waals surface area contributed by atoms with Crippen LogP contribution in [0.4, 0.5) is 13.2 Å². The molecular weight excluding hydrogens is 601 g/mol. The lowest BCUT2D eigenvalue weighted by Gasteiger charge is -2.36. The lowest BCUT2D eigenvalue weighted by molar-refractivity contribution is -0.281. The van der Waals surface area contributed by atoms with Gasteiger partial charge in [0, 0.05) is 12.7 Å². The van der Waals surface area contributed by atoms with Gasteiger partial charge < -0.3 is 14.6 Å². The number of aliphatic hydroxyl groups is 1. The number of alkyl halides is 3. The summed E-state index contributed by atoms with van der Waals surface area (Å²) in [6.45, 7) is 15.6. The Bertz CT molecular complexity index is 1240. The first kappa shape index (κ1) is 42.1. The lowest BCUT2D eigenvalue weighted by Crippen LogP contribution is -2.54. The predicted molar refractivity (Wildman–Crippen MR) is 188 cm³/mol. The van der Waals surface area contributed by atoms with Crippen molar-refractivity contribution >= 4 is 5.97 Å². The third-order valence-corrected chi connectivity index (χ3v) is 8.32. The van der Waals surface area contributed by atoms with Crippen LogP contribution >= 0.6 is 0 Å². The average molecular weight is 661 g/mol. The Balaban J connectivity index is 2.65. The van der Waals surface area contributed by atoms with Crippen molar-refractivity contribution in [2.75, 3.05) is 7.11 Å². The molecule has 1 rings (SSSR count). The van der Waals surface area contributed by atoms with Gasteiger partial charge in [0.1, 0.15) is 6.10 Å². The molecule has 2 atom stereocenters. The Labute approximate surface area is 282 Å². The van der Waals surface area contributed by atoms with Crippen molar-refractivity contribution in [3.63, 3.8) is 0 Å². The molecule has 0 amide bonds. The molecule has 0 saturated heterocycles. The number of methoxy groups -OCH3 is 1. The lowest BCUT2D eigenvalue weighted by atomic mass is 9.91. The molecule has 1 aromatic rings. The van der Waals surface area contributed by atoms with Crippen molar-refractivity contribution in [1.82, 2.24) is 0 Å². The highest BCUT2D eigenvalue weighted by Crippen LogP contribution is 2.43. The van der Waals surface area contributed by atoms with Crippen molar-refractivity contribution in [3.8, 4) is 0 Å². The molecule has 47 heavy (non-hydrogen) atoms. The summed E-state index contributed by atoms with van der Waals surface area (Å²) in [6, 6.07) is 6.69. The highest BCUT2D eigenvalue weighted by molar-refractivity contribution is 5.83. The van der Waals surface area contributed by atoms with E-state index in [0.717, 1.165) is 64.0 Å². The van der Waals surface area contributed by atoms with E-state index >= 15 is 0 Å². The Morgan fingerprint density at radius 2 is 1.15 bits per heavy atom. The van der Waals surface area contributed by atoms with Crippen LogP contribution in [0.15, 0.2) is 88.6 Å². The average Bonchev–Trinajstić information content (AvgIpc) is 2.97. The van der Waals surface area contributed by atoms with Crippen molar-refractivity contribution in [2.45, 2.75) is 143 Å². The Morgan fingerprint density at radius 3 is 1.55 bits per heavy atom. The normalized spacial score (nSPS) is 15.7. The molecule has 0 aliphatic heterocycles. The van der Waals surface area contributed by atoms with Crippen LogP contribution < -0.4 is 0 Å². The van der Waals surface area contributed by atoms with Gasteiger partial charge >= 0.3 is 12.1 Å². The first-order valence-electron chi connectivity index (χ1n) is 16.8. The zero-order valence-electron chi connectivity index (χ0n) is 30.2. The first-order chi connectivity index (χ1) is 21.9. The zero-order chi connectivity index (χ0) is 35.7. The summed E-state index contributed by atoms with van der Waals surface area (Å²) in [5.41, 5.74) is 1.32. The number of carbonyl (C=O) groups is 1. The standard InChI is InChI=1S/C40H59F3O4/c1-30(2)18-15-21-33(5)24-16-22-31(3)19-13-14-20-32(4)23-17-25-34(6)28-29-36(38(7,8)45)47-37(44)39(46-9,40(41,42)43)35-26-11-10-12-27-35/h10-12,18-20,24-27,36,45H,13-17,21-23,28-29H2,1-9H3/b31-19+,32-20+,33-24+,34-25+/t36-,39-/m1/s1. The fourth-order valence-electron chi connectivity index (χ4n) is 5.26. The smallest absolute Gasteiger partial charge is 0.432 e. The van der Waals surface area contributed by atoms with Gasteiger partial charge in [-0.15, -0.1) is 0 Å². The Kier molecular flexibility index (Phi) is 18.3. The number of carbonyl (C=O) groups excluding carboxylic acids is 1. The molecule has 4 nitrogen and oxygen atoms in total. The summed E-state index contributed by atoms with van der Waals surface area (Å²) >= 11 is 0. The number of rotatable bonds is 20. The van der Waals surface area contributed by atoms with Gasteiger partial charge in [-0.25, -0.2) is 4.79 Å². The second-order valence-electron chi connectivity index (χ2n) is 13.5. The van der Waals surface area contributed by atoms with Gasteiger partial charge in [-0.05, 0) is 120 Å². The topological polar surface area (TPSA) is 55.8 Å². The van der Waals surface area contributed by atoms with Crippen molar-refractivity contribution < 1.29 is 32.5 Å². The van der Waals surface area contributed by atoms with Gasteiger partial charge in [0.15, 0.2) is 0 Å². The molecule has 0 radical (unpaired) electrons. The second-order valence-corrected chi connectivity index (χ2v) is 13.5. The molecule has 0 aliphatic rings. The van der Waals surface area contributed by atoms with Crippen LogP contribution in [0.2, 0.25) is 0 Å².